The highest BCUT2D eigenvalue weighted by atomic mass is 32.2. The highest BCUT2D eigenvalue weighted by Crippen LogP contribution is 2.18. The van der Waals surface area contributed by atoms with E-state index in [1.807, 2.05) is 55.8 Å². The summed E-state index contributed by atoms with van der Waals surface area (Å²) in [5.41, 5.74) is 0.850. The number of rotatable bonds is 3. The van der Waals surface area contributed by atoms with E-state index in [0.717, 1.165) is 10.7 Å². The quantitative estimate of drug-likeness (QED) is 0.865. The van der Waals surface area contributed by atoms with Crippen molar-refractivity contribution in [1.82, 2.24) is 14.7 Å². The second-order valence-electron chi connectivity index (χ2n) is 5.12. The van der Waals surface area contributed by atoms with Crippen LogP contribution in [0.1, 0.15) is 20.8 Å². The maximum Gasteiger partial charge on any atom is 0.230 e. The Morgan fingerprint density at radius 1 is 1.44 bits per heavy atom. The number of nitrogens with zero attached hydrogens (tertiary/aromatic N) is 2. The Hall–Kier alpha value is -1.49. The number of imidazole rings is 1. The van der Waals surface area contributed by atoms with Gasteiger partial charge >= 0.3 is 0 Å². The molecule has 0 radical (unpaired) electrons. The minimum atomic E-state index is -0.188. The zero-order valence-corrected chi connectivity index (χ0v) is 11.6. The van der Waals surface area contributed by atoms with Gasteiger partial charge in [-0.2, -0.15) is 0 Å². The van der Waals surface area contributed by atoms with Crippen molar-refractivity contribution in [3.8, 4) is 0 Å². The van der Waals surface area contributed by atoms with Gasteiger partial charge in [-0.3, -0.25) is 9.20 Å². The number of amides is 1. The molecule has 0 aliphatic rings. The number of hydrogen-bond acceptors (Lipinski definition) is 3. The van der Waals surface area contributed by atoms with E-state index in [0.29, 0.717) is 5.75 Å². The molecule has 0 saturated carbocycles. The van der Waals surface area contributed by atoms with Gasteiger partial charge in [0.25, 0.3) is 0 Å². The molecule has 4 nitrogen and oxygen atoms in total. The molecule has 0 saturated heterocycles. The molecule has 2 aromatic rings. The molecular formula is C13H17N3OS. The van der Waals surface area contributed by atoms with Crippen LogP contribution in [-0.4, -0.2) is 26.6 Å². The second kappa shape index (κ2) is 5.02. The molecule has 0 fully saturated rings. The second-order valence-corrected chi connectivity index (χ2v) is 6.07. The van der Waals surface area contributed by atoms with Crippen molar-refractivity contribution < 1.29 is 4.79 Å². The number of pyridine rings is 1. The number of thioether (sulfide) groups is 1. The molecule has 5 heteroatoms. The molecule has 0 unspecified atom stereocenters. The predicted octanol–water partition coefficient (Wildman–Crippen LogP) is 2.34. The van der Waals surface area contributed by atoms with Crippen molar-refractivity contribution >= 4 is 23.2 Å². The number of fused-ring (bicyclic) bond motifs is 1. The van der Waals surface area contributed by atoms with Gasteiger partial charge in [0, 0.05) is 11.7 Å². The van der Waals surface area contributed by atoms with Crippen LogP contribution in [0.2, 0.25) is 0 Å². The molecule has 0 atom stereocenters. The van der Waals surface area contributed by atoms with Crippen LogP contribution in [-0.2, 0) is 4.79 Å². The molecule has 0 aliphatic heterocycles. The van der Waals surface area contributed by atoms with Crippen molar-refractivity contribution in [2.45, 2.75) is 31.5 Å². The fraction of sp³-hybridized carbons (Fsp3) is 0.385. The number of hydrogen-bond donors (Lipinski definition) is 1. The Morgan fingerprint density at radius 3 is 2.94 bits per heavy atom. The number of aromatic nitrogens is 2. The molecule has 0 aromatic carbocycles. The first kappa shape index (κ1) is 13.0. The SMILES string of the molecule is CC(C)(C)NC(=O)CSc1ncc2ccccn12. The highest BCUT2D eigenvalue weighted by Gasteiger charge is 2.14. The van der Waals surface area contributed by atoms with Gasteiger partial charge in [-0.1, -0.05) is 17.8 Å². The van der Waals surface area contributed by atoms with Crippen LogP contribution in [0.4, 0.5) is 0 Å². The standard InChI is InChI=1S/C13H17N3OS/c1-13(2,3)15-11(17)9-18-12-14-8-10-6-4-5-7-16(10)12/h4-8H,9H2,1-3H3,(H,15,17). The lowest BCUT2D eigenvalue weighted by molar-refractivity contribution is -0.119. The summed E-state index contributed by atoms with van der Waals surface area (Å²) >= 11 is 1.45. The molecule has 0 bridgehead atoms. The van der Waals surface area contributed by atoms with E-state index in [-0.39, 0.29) is 11.4 Å². The number of carbonyl (C=O) groups excluding carboxylic acids is 1. The van der Waals surface area contributed by atoms with E-state index in [1.165, 1.54) is 11.8 Å². The Kier molecular flexibility index (Phi) is 3.61. The van der Waals surface area contributed by atoms with E-state index in [9.17, 15) is 4.79 Å². The third-order valence-corrected chi connectivity index (χ3v) is 3.22. The van der Waals surface area contributed by atoms with Crippen molar-refractivity contribution in [2.24, 2.45) is 0 Å². The zero-order valence-electron chi connectivity index (χ0n) is 10.8. The van der Waals surface area contributed by atoms with Gasteiger partial charge in [0.1, 0.15) is 0 Å². The molecule has 1 amide bonds. The molecular weight excluding hydrogens is 246 g/mol. The highest BCUT2D eigenvalue weighted by molar-refractivity contribution is 7.99. The van der Waals surface area contributed by atoms with E-state index < -0.39 is 0 Å². The van der Waals surface area contributed by atoms with Crippen LogP contribution in [0.25, 0.3) is 5.52 Å². The minimum Gasteiger partial charge on any atom is -0.351 e. The van der Waals surface area contributed by atoms with Gasteiger partial charge in [0.15, 0.2) is 5.16 Å². The van der Waals surface area contributed by atoms with Gasteiger partial charge < -0.3 is 5.32 Å². The van der Waals surface area contributed by atoms with Gasteiger partial charge in [-0.15, -0.1) is 0 Å². The van der Waals surface area contributed by atoms with Crippen LogP contribution >= 0.6 is 11.8 Å². The van der Waals surface area contributed by atoms with Crippen LogP contribution < -0.4 is 5.32 Å². The first-order valence-corrected chi connectivity index (χ1v) is 6.80. The lowest BCUT2D eigenvalue weighted by atomic mass is 10.1. The third kappa shape index (κ3) is 3.26. The van der Waals surface area contributed by atoms with E-state index in [4.69, 9.17) is 0 Å². The summed E-state index contributed by atoms with van der Waals surface area (Å²) in [6.07, 6.45) is 3.76. The molecule has 18 heavy (non-hydrogen) atoms. The van der Waals surface area contributed by atoms with E-state index in [2.05, 4.69) is 10.3 Å². The van der Waals surface area contributed by atoms with Crippen LogP contribution in [0.3, 0.4) is 0 Å². The van der Waals surface area contributed by atoms with Crippen LogP contribution in [0, 0.1) is 0 Å². The maximum absolute atomic E-state index is 11.7. The average molecular weight is 263 g/mol. The third-order valence-electron chi connectivity index (χ3n) is 2.25. The summed E-state index contributed by atoms with van der Waals surface area (Å²) in [6, 6.07) is 5.91. The summed E-state index contributed by atoms with van der Waals surface area (Å²) in [7, 11) is 0. The van der Waals surface area contributed by atoms with E-state index >= 15 is 0 Å². The average Bonchev–Trinajstić information content (AvgIpc) is 2.67. The van der Waals surface area contributed by atoms with Crippen molar-refractivity contribution in [1.29, 1.82) is 0 Å². The fourth-order valence-corrected chi connectivity index (χ4v) is 2.38. The summed E-state index contributed by atoms with van der Waals surface area (Å²) in [5.74, 6) is 0.408. The van der Waals surface area contributed by atoms with Gasteiger partial charge in [-0.25, -0.2) is 4.98 Å². The largest absolute Gasteiger partial charge is 0.351 e. The lowest BCUT2D eigenvalue weighted by Gasteiger charge is -2.20. The molecule has 2 aromatic heterocycles. The first-order chi connectivity index (χ1) is 8.46. The van der Waals surface area contributed by atoms with Crippen molar-refractivity contribution in [2.75, 3.05) is 5.75 Å². The van der Waals surface area contributed by atoms with Gasteiger partial charge in [-0.05, 0) is 32.9 Å². The van der Waals surface area contributed by atoms with Crippen LogP contribution in [0.5, 0.6) is 0 Å². The first-order valence-electron chi connectivity index (χ1n) is 5.82. The molecule has 1 N–H and O–H groups in total. The zero-order chi connectivity index (χ0) is 13.2. The monoisotopic (exact) mass is 263 g/mol. The molecule has 96 valence electrons. The Labute approximate surface area is 111 Å². The summed E-state index contributed by atoms with van der Waals surface area (Å²) in [4.78, 5) is 16.0. The molecule has 0 spiro atoms. The van der Waals surface area contributed by atoms with E-state index in [1.54, 1.807) is 0 Å². The minimum absolute atomic E-state index is 0.0279. The maximum atomic E-state index is 11.7. The van der Waals surface area contributed by atoms with Gasteiger partial charge in [0.2, 0.25) is 5.91 Å². The summed E-state index contributed by atoms with van der Waals surface area (Å²) in [5, 5.41) is 3.78. The predicted molar refractivity (Wildman–Crippen MR) is 73.8 cm³/mol. The molecule has 2 rings (SSSR count). The molecule has 0 aliphatic carbocycles. The Morgan fingerprint density at radius 2 is 2.22 bits per heavy atom. The Bertz CT molecular complexity index is 557. The molecule has 2 heterocycles. The number of carbonyl (C=O) groups is 1. The van der Waals surface area contributed by atoms with Gasteiger partial charge in [0.05, 0.1) is 17.5 Å². The topological polar surface area (TPSA) is 46.4 Å². The normalized spacial score (nSPS) is 11.7. The van der Waals surface area contributed by atoms with Crippen molar-refractivity contribution in [3.63, 3.8) is 0 Å². The summed E-state index contributed by atoms with van der Waals surface area (Å²) < 4.78 is 1.98. The number of nitrogens with one attached hydrogen (secondary N) is 1. The fourth-order valence-electron chi connectivity index (χ4n) is 1.61. The van der Waals surface area contributed by atoms with Crippen LogP contribution in [0.15, 0.2) is 35.7 Å². The lowest BCUT2D eigenvalue weighted by Crippen LogP contribution is -2.41. The summed E-state index contributed by atoms with van der Waals surface area (Å²) in [6.45, 7) is 5.92. The Balaban J connectivity index is 2.00. The smallest absolute Gasteiger partial charge is 0.230 e. The van der Waals surface area contributed by atoms with Crippen molar-refractivity contribution in [3.05, 3.63) is 30.6 Å².